The highest BCUT2D eigenvalue weighted by molar-refractivity contribution is 5.80. The maximum Gasteiger partial charge on any atom is 0.261 e. The summed E-state index contributed by atoms with van der Waals surface area (Å²) >= 11 is 0. The van der Waals surface area contributed by atoms with Crippen molar-refractivity contribution in [3.05, 3.63) is 59.7 Å². The number of amides is 1. The molecule has 0 saturated carbocycles. The van der Waals surface area contributed by atoms with Crippen molar-refractivity contribution in [3.63, 3.8) is 0 Å². The van der Waals surface area contributed by atoms with Crippen LogP contribution < -0.4 is 14.8 Å². The fourth-order valence-electron chi connectivity index (χ4n) is 2.09. The van der Waals surface area contributed by atoms with Gasteiger partial charge in [0, 0.05) is 12.6 Å². The highest BCUT2D eigenvalue weighted by Gasteiger charge is 2.14. The van der Waals surface area contributed by atoms with E-state index in [0.29, 0.717) is 18.0 Å². The molecular weight excluding hydrogens is 278 g/mol. The molecule has 0 fully saturated rings. The second-order valence-electron chi connectivity index (χ2n) is 5.15. The average Bonchev–Trinajstić information content (AvgIpc) is 2.52. The molecule has 4 nitrogen and oxygen atoms in total. The summed E-state index contributed by atoms with van der Waals surface area (Å²) in [6, 6.07) is 15.2. The lowest BCUT2D eigenvalue weighted by molar-refractivity contribution is -0.127. The van der Waals surface area contributed by atoms with E-state index in [1.807, 2.05) is 43.3 Å². The lowest BCUT2D eigenvalue weighted by Gasteiger charge is -2.15. The van der Waals surface area contributed by atoms with Crippen molar-refractivity contribution in [1.82, 2.24) is 5.32 Å². The van der Waals surface area contributed by atoms with Crippen LogP contribution in [-0.2, 0) is 11.3 Å². The second-order valence-corrected chi connectivity index (χ2v) is 5.15. The minimum absolute atomic E-state index is 0.149. The van der Waals surface area contributed by atoms with E-state index in [1.54, 1.807) is 26.2 Å². The fourth-order valence-corrected chi connectivity index (χ4v) is 2.09. The van der Waals surface area contributed by atoms with Crippen molar-refractivity contribution in [1.29, 1.82) is 0 Å². The fraction of sp³-hybridized carbons (Fsp3) is 0.278. The zero-order chi connectivity index (χ0) is 15.9. The van der Waals surface area contributed by atoms with Gasteiger partial charge in [-0.3, -0.25) is 4.79 Å². The van der Waals surface area contributed by atoms with Crippen molar-refractivity contribution in [2.75, 3.05) is 7.11 Å². The summed E-state index contributed by atoms with van der Waals surface area (Å²) in [7, 11) is 1.59. The van der Waals surface area contributed by atoms with Crippen molar-refractivity contribution < 1.29 is 14.3 Å². The zero-order valence-corrected chi connectivity index (χ0v) is 13.1. The Hall–Kier alpha value is -2.49. The summed E-state index contributed by atoms with van der Waals surface area (Å²) in [5, 5.41) is 2.88. The zero-order valence-electron chi connectivity index (χ0n) is 13.1. The number of aryl methyl sites for hydroxylation is 1. The molecule has 2 aromatic carbocycles. The Labute approximate surface area is 131 Å². The van der Waals surface area contributed by atoms with Gasteiger partial charge in [-0.25, -0.2) is 0 Å². The van der Waals surface area contributed by atoms with Crippen LogP contribution in [0.25, 0.3) is 0 Å². The van der Waals surface area contributed by atoms with Gasteiger partial charge in [0.15, 0.2) is 6.10 Å². The number of hydrogen-bond acceptors (Lipinski definition) is 3. The van der Waals surface area contributed by atoms with Crippen LogP contribution in [0.1, 0.15) is 18.1 Å². The van der Waals surface area contributed by atoms with Gasteiger partial charge in [0.05, 0.1) is 7.11 Å². The van der Waals surface area contributed by atoms with Crippen LogP contribution in [-0.4, -0.2) is 19.1 Å². The molecule has 1 amide bonds. The summed E-state index contributed by atoms with van der Waals surface area (Å²) in [4.78, 5) is 12.1. The molecule has 0 radical (unpaired) electrons. The third kappa shape index (κ3) is 4.52. The molecule has 0 heterocycles. The van der Waals surface area contributed by atoms with Crippen molar-refractivity contribution in [3.8, 4) is 11.5 Å². The molecule has 0 unspecified atom stereocenters. The molecule has 0 saturated heterocycles. The van der Waals surface area contributed by atoms with E-state index >= 15 is 0 Å². The van der Waals surface area contributed by atoms with Crippen molar-refractivity contribution in [2.24, 2.45) is 0 Å². The lowest BCUT2D eigenvalue weighted by Crippen LogP contribution is -2.35. The van der Waals surface area contributed by atoms with E-state index < -0.39 is 6.10 Å². The Morgan fingerprint density at radius 2 is 1.86 bits per heavy atom. The van der Waals surface area contributed by atoms with Gasteiger partial charge in [0.25, 0.3) is 5.91 Å². The SMILES string of the molecule is COc1cccc(O[C@@H](C)C(=O)NCc2cccc(C)c2)c1. The monoisotopic (exact) mass is 299 g/mol. The molecule has 22 heavy (non-hydrogen) atoms. The molecule has 0 aliphatic heterocycles. The van der Waals surface area contributed by atoms with Crippen LogP contribution in [0, 0.1) is 6.92 Å². The molecule has 2 aromatic rings. The quantitative estimate of drug-likeness (QED) is 0.891. The molecular formula is C18H21NO3. The van der Waals surface area contributed by atoms with E-state index in [9.17, 15) is 4.79 Å². The number of nitrogens with one attached hydrogen (secondary N) is 1. The van der Waals surface area contributed by atoms with Crippen LogP contribution in [0.2, 0.25) is 0 Å². The number of hydrogen-bond donors (Lipinski definition) is 1. The molecule has 0 aliphatic carbocycles. The summed E-state index contributed by atoms with van der Waals surface area (Å²) in [5.41, 5.74) is 2.24. The maximum atomic E-state index is 12.1. The van der Waals surface area contributed by atoms with Gasteiger partial charge in [-0.05, 0) is 31.5 Å². The molecule has 0 aromatic heterocycles. The van der Waals surface area contributed by atoms with Crippen LogP contribution in [0.5, 0.6) is 11.5 Å². The van der Waals surface area contributed by atoms with Gasteiger partial charge >= 0.3 is 0 Å². The number of rotatable bonds is 6. The van der Waals surface area contributed by atoms with E-state index in [2.05, 4.69) is 5.32 Å². The van der Waals surface area contributed by atoms with E-state index in [-0.39, 0.29) is 5.91 Å². The number of carbonyl (C=O) groups is 1. The Bertz CT molecular complexity index is 640. The van der Waals surface area contributed by atoms with Gasteiger partial charge in [-0.15, -0.1) is 0 Å². The summed E-state index contributed by atoms with van der Waals surface area (Å²) < 4.78 is 10.8. The predicted molar refractivity (Wildman–Crippen MR) is 86.1 cm³/mol. The highest BCUT2D eigenvalue weighted by atomic mass is 16.5. The smallest absolute Gasteiger partial charge is 0.261 e. The van der Waals surface area contributed by atoms with Gasteiger partial charge in [0.1, 0.15) is 11.5 Å². The minimum Gasteiger partial charge on any atom is -0.497 e. The van der Waals surface area contributed by atoms with Gasteiger partial charge < -0.3 is 14.8 Å². The highest BCUT2D eigenvalue weighted by Crippen LogP contribution is 2.19. The van der Waals surface area contributed by atoms with E-state index in [1.165, 1.54) is 5.56 Å². The predicted octanol–water partition coefficient (Wildman–Crippen LogP) is 3.09. The minimum atomic E-state index is -0.572. The van der Waals surface area contributed by atoms with Crippen molar-refractivity contribution in [2.45, 2.75) is 26.5 Å². The summed E-state index contributed by atoms with van der Waals surface area (Å²) in [5.74, 6) is 1.16. The Morgan fingerprint density at radius 3 is 2.59 bits per heavy atom. The van der Waals surface area contributed by atoms with E-state index in [4.69, 9.17) is 9.47 Å². The van der Waals surface area contributed by atoms with Crippen molar-refractivity contribution >= 4 is 5.91 Å². The molecule has 4 heteroatoms. The number of ether oxygens (including phenoxy) is 2. The Kier molecular flexibility index (Phi) is 5.42. The largest absolute Gasteiger partial charge is 0.497 e. The Balaban J connectivity index is 1.89. The molecule has 1 N–H and O–H groups in total. The molecule has 0 spiro atoms. The maximum absolute atomic E-state index is 12.1. The van der Waals surface area contributed by atoms with E-state index in [0.717, 1.165) is 5.56 Å². The van der Waals surface area contributed by atoms with Gasteiger partial charge in [-0.2, -0.15) is 0 Å². The first-order valence-corrected chi connectivity index (χ1v) is 7.22. The average molecular weight is 299 g/mol. The first-order valence-electron chi connectivity index (χ1n) is 7.22. The lowest BCUT2D eigenvalue weighted by atomic mass is 10.1. The van der Waals surface area contributed by atoms with Crippen LogP contribution in [0.4, 0.5) is 0 Å². The normalized spacial score (nSPS) is 11.6. The standard InChI is InChI=1S/C18H21NO3/c1-13-6-4-7-15(10-13)12-19-18(20)14(2)22-17-9-5-8-16(11-17)21-3/h4-11,14H,12H2,1-3H3,(H,19,20)/t14-/m0/s1. The third-order valence-corrected chi connectivity index (χ3v) is 3.27. The van der Waals surface area contributed by atoms with Crippen LogP contribution in [0.15, 0.2) is 48.5 Å². The molecule has 2 rings (SSSR count). The number of carbonyl (C=O) groups excluding carboxylic acids is 1. The van der Waals surface area contributed by atoms with Crippen LogP contribution >= 0.6 is 0 Å². The second kappa shape index (κ2) is 7.50. The molecule has 0 aliphatic rings. The van der Waals surface area contributed by atoms with Gasteiger partial charge in [0.2, 0.25) is 0 Å². The van der Waals surface area contributed by atoms with Gasteiger partial charge in [-0.1, -0.05) is 35.9 Å². The molecule has 1 atom stereocenters. The number of benzene rings is 2. The summed E-state index contributed by atoms with van der Waals surface area (Å²) in [6.07, 6.45) is -0.572. The third-order valence-electron chi connectivity index (χ3n) is 3.27. The summed E-state index contributed by atoms with van der Waals surface area (Å²) in [6.45, 7) is 4.25. The molecule has 0 bridgehead atoms. The first-order chi connectivity index (χ1) is 10.6. The number of methoxy groups -OCH3 is 1. The Morgan fingerprint density at radius 1 is 1.14 bits per heavy atom. The topological polar surface area (TPSA) is 47.6 Å². The first kappa shape index (κ1) is 15.9. The molecule has 116 valence electrons. The van der Waals surface area contributed by atoms with Crippen LogP contribution in [0.3, 0.4) is 0 Å².